The second kappa shape index (κ2) is 8.83. The SMILES string of the molecule is Cc1nc(-c2ccc(C(=O)N3CCN(S(=O)(=O)C=Cc4ccccc4)CC3)cc2)no1. The number of benzene rings is 2. The van der Waals surface area contributed by atoms with Crippen LogP contribution in [0.2, 0.25) is 0 Å². The first kappa shape index (κ1) is 21.0. The molecule has 1 amide bonds. The number of sulfonamides is 1. The highest BCUT2D eigenvalue weighted by Gasteiger charge is 2.27. The summed E-state index contributed by atoms with van der Waals surface area (Å²) in [4.78, 5) is 18.6. The summed E-state index contributed by atoms with van der Waals surface area (Å²) in [7, 11) is -3.54. The van der Waals surface area contributed by atoms with Gasteiger partial charge in [0, 0.05) is 49.6 Å². The maximum atomic E-state index is 12.8. The molecule has 31 heavy (non-hydrogen) atoms. The van der Waals surface area contributed by atoms with Crippen LogP contribution in [0.5, 0.6) is 0 Å². The Labute approximate surface area is 180 Å². The van der Waals surface area contributed by atoms with Gasteiger partial charge in [-0.25, -0.2) is 8.42 Å². The molecule has 0 bridgehead atoms. The fourth-order valence-corrected chi connectivity index (χ4v) is 4.49. The number of amides is 1. The molecule has 8 nitrogen and oxygen atoms in total. The van der Waals surface area contributed by atoms with E-state index < -0.39 is 10.0 Å². The summed E-state index contributed by atoms with van der Waals surface area (Å²) in [6, 6.07) is 16.2. The zero-order chi connectivity index (χ0) is 21.8. The Morgan fingerprint density at radius 1 is 1.00 bits per heavy atom. The van der Waals surface area contributed by atoms with Crippen molar-refractivity contribution in [2.24, 2.45) is 0 Å². The summed E-state index contributed by atoms with van der Waals surface area (Å²) in [5, 5.41) is 5.09. The minimum absolute atomic E-state index is 0.132. The van der Waals surface area contributed by atoms with Gasteiger partial charge in [0.15, 0.2) is 0 Å². The van der Waals surface area contributed by atoms with Gasteiger partial charge in [-0.1, -0.05) is 47.6 Å². The van der Waals surface area contributed by atoms with Crippen LogP contribution in [0, 0.1) is 6.92 Å². The van der Waals surface area contributed by atoms with E-state index in [1.54, 1.807) is 42.2 Å². The first-order valence-corrected chi connectivity index (χ1v) is 11.4. The minimum atomic E-state index is -3.54. The summed E-state index contributed by atoms with van der Waals surface area (Å²) in [6.07, 6.45) is 1.58. The topological polar surface area (TPSA) is 96.6 Å². The lowest BCUT2D eigenvalue weighted by molar-refractivity contribution is 0.0698. The molecule has 2 aromatic carbocycles. The van der Waals surface area contributed by atoms with Crippen molar-refractivity contribution in [1.29, 1.82) is 0 Å². The normalized spacial score (nSPS) is 15.5. The van der Waals surface area contributed by atoms with Crippen LogP contribution in [0.1, 0.15) is 21.8 Å². The van der Waals surface area contributed by atoms with Gasteiger partial charge in [0.25, 0.3) is 5.91 Å². The van der Waals surface area contributed by atoms with E-state index in [2.05, 4.69) is 10.1 Å². The highest BCUT2D eigenvalue weighted by molar-refractivity contribution is 7.92. The molecule has 0 radical (unpaired) electrons. The molecule has 1 fully saturated rings. The van der Waals surface area contributed by atoms with Crippen LogP contribution in [-0.4, -0.2) is 59.8 Å². The largest absolute Gasteiger partial charge is 0.339 e. The van der Waals surface area contributed by atoms with Crippen LogP contribution in [0.25, 0.3) is 17.5 Å². The van der Waals surface area contributed by atoms with E-state index in [0.29, 0.717) is 30.4 Å². The summed E-state index contributed by atoms with van der Waals surface area (Å²) < 4.78 is 31.6. The van der Waals surface area contributed by atoms with E-state index in [9.17, 15) is 13.2 Å². The molecule has 0 N–H and O–H groups in total. The van der Waals surface area contributed by atoms with Crippen molar-refractivity contribution in [3.8, 4) is 11.4 Å². The predicted molar refractivity (Wildman–Crippen MR) is 116 cm³/mol. The molecule has 9 heteroatoms. The zero-order valence-corrected chi connectivity index (χ0v) is 17.8. The van der Waals surface area contributed by atoms with Gasteiger partial charge in [0.2, 0.25) is 21.7 Å². The molecule has 0 aliphatic carbocycles. The van der Waals surface area contributed by atoms with E-state index in [1.165, 1.54) is 9.71 Å². The molecular formula is C22H22N4O4S. The van der Waals surface area contributed by atoms with Crippen molar-refractivity contribution in [3.05, 3.63) is 77.0 Å². The molecule has 0 unspecified atom stereocenters. The van der Waals surface area contributed by atoms with Gasteiger partial charge in [-0.15, -0.1) is 0 Å². The maximum absolute atomic E-state index is 12.8. The lowest BCUT2D eigenvalue weighted by Crippen LogP contribution is -2.50. The molecule has 0 saturated carbocycles. The van der Waals surface area contributed by atoms with Crippen molar-refractivity contribution in [2.45, 2.75) is 6.92 Å². The van der Waals surface area contributed by atoms with Gasteiger partial charge in [-0.05, 0) is 23.8 Å². The number of hydrogen-bond donors (Lipinski definition) is 0. The summed E-state index contributed by atoms with van der Waals surface area (Å²) >= 11 is 0. The van der Waals surface area contributed by atoms with E-state index >= 15 is 0 Å². The number of nitrogens with zero attached hydrogens (tertiary/aromatic N) is 4. The Balaban J connectivity index is 1.37. The average molecular weight is 439 g/mol. The van der Waals surface area contributed by atoms with Crippen molar-refractivity contribution in [3.63, 3.8) is 0 Å². The highest BCUT2D eigenvalue weighted by Crippen LogP contribution is 2.18. The van der Waals surface area contributed by atoms with Crippen molar-refractivity contribution < 1.29 is 17.7 Å². The van der Waals surface area contributed by atoms with Crippen molar-refractivity contribution in [1.82, 2.24) is 19.3 Å². The second-order valence-corrected chi connectivity index (χ2v) is 8.98. The number of aromatic nitrogens is 2. The van der Waals surface area contributed by atoms with Crippen LogP contribution in [0.15, 0.2) is 64.5 Å². The predicted octanol–water partition coefficient (Wildman–Crippen LogP) is 2.80. The molecule has 3 aromatic rings. The number of piperazine rings is 1. The molecule has 0 atom stereocenters. The Kier molecular flexibility index (Phi) is 5.97. The van der Waals surface area contributed by atoms with E-state index in [4.69, 9.17) is 4.52 Å². The van der Waals surface area contributed by atoms with Gasteiger partial charge in [-0.2, -0.15) is 9.29 Å². The third kappa shape index (κ3) is 4.89. The second-order valence-electron chi connectivity index (χ2n) is 7.16. The lowest BCUT2D eigenvalue weighted by atomic mass is 10.1. The van der Waals surface area contributed by atoms with Crippen LogP contribution in [0.3, 0.4) is 0 Å². The molecule has 1 aliphatic heterocycles. The fraction of sp³-hybridized carbons (Fsp3) is 0.227. The highest BCUT2D eigenvalue weighted by atomic mass is 32.2. The third-order valence-corrected chi connectivity index (χ3v) is 6.60. The van der Waals surface area contributed by atoms with Gasteiger partial charge in [0.05, 0.1) is 0 Å². The fourth-order valence-electron chi connectivity index (χ4n) is 3.32. The third-order valence-electron chi connectivity index (χ3n) is 5.04. The van der Waals surface area contributed by atoms with Crippen LogP contribution in [0.4, 0.5) is 0 Å². The minimum Gasteiger partial charge on any atom is -0.339 e. The standard InChI is InChI=1S/C22H22N4O4S/c1-17-23-21(24-30-17)19-7-9-20(10-8-19)22(27)25-12-14-26(15-13-25)31(28,29)16-11-18-5-3-2-4-6-18/h2-11,16H,12-15H2,1H3. The van der Waals surface area contributed by atoms with Crippen LogP contribution < -0.4 is 0 Å². The lowest BCUT2D eigenvalue weighted by Gasteiger charge is -2.33. The first-order chi connectivity index (χ1) is 14.9. The van der Waals surface area contributed by atoms with Crippen molar-refractivity contribution >= 4 is 22.0 Å². The summed E-state index contributed by atoms with van der Waals surface area (Å²) in [6.45, 7) is 2.90. The summed E-state index contributed by atoms with van der Waals surface area (Å²) in [5.74, 6) is 0.813. The number of aryl methyl sites for hydroxylation is 1. The quantitative estimate of drug-likeness (QED) is 0.608. The molecule has 1 aliphatic rings. The average Bonchev–Trinajstić information content (AvgIpc) is 3.24. The molecular weight excluding hydrogens is 416 g/mol. The number of rotatable bonds is 5. The Bertz CT molecular complexity index is 1180. The molecule has 1 saturated heterocycles. The molecule has 160 valence electrons. The molecule has 1 aromatic heterocycles. The maximum Gasteiger partial charge on any atom is 0.253 e. The smallest absolute Gasteiger partial charge is 0.253 e. The molecule has 0 spiro atoms. The van der Waals surface area contributed by atoms with Crippen LogP contribution >= 0.6 is 0 Å². The summed E-state index contributed by atoms with van der Waals surface area (Å²) in [5.41, 5.74) is 2.11. The first-order valence-electron chi connectivity index (χ1n) is 9.86. The van der Waals surface area contributed by atoms with Gasteiger partial charge in [0.1, 0.15) is 0 Å². The van der Waals surface area contributed by atoms with E-state index in [-0.39, 0.29) is 19.0 Å². The number of carbonyl (C=O) groups excluding carboxylic acids is 1. The van der Waals surface area contributed by atoms with Gasteiger partial charge in [-0.3, -0.25) is 4.79 Å². The number of carbonyl (C=O) groups is 1. The van der Waals surface area contributed by atoms with Crippen molar-refractivity contribution in [2.75, 3.05) is 26.2 Å². The Morgan fingerprint density at radius 2 is 1.68 bits per heavy atom. The zero-order valence-electron chi connectivity index (χ0n) is 17.0. The molecule has 4 rings (SSSR count). The number of hydrogen-bond acceptors (Lipinski definition) is 6. The monoisotopic (exact) mass is 438 g/mol. The molecule has 2 heterocycles. The van der Waals surface area contributed by atoms with Gasteiger partial charge < -0.3 is 9.42 Å². The van der Waals surface area contributed by atoms with Gasteiger partial charge >= 0.3 is 0 Å². The van der Waals surface area contributed by atoms with E-state index in [1.807, 2.05) is 30.3 Å². The Morgan fingerprint density at radius 3 is 2.29 bits per heavy atom. The van der Waals surface area contributed by atoms with Crippen LogP contribution in [-0.2, 0) is 10.0 Å². The Hall–Kier alpha value is -3.30. The van der Waals surface area contributed by atoms with E-state index in [0.717, 1.165) is 11.1 Å².